The van der Waals surface area contributed by atoms with E-state index in [2.05, 4.69) is 77.2 Å². The Hall–Kier alpha value is -3.53. The fourth-order valence-electron chi connectivity index (χ4n) is 4.77. The maximum atomic E-state index is 12.5. The topological polar surface area (TPSA) is 58.6 Å². The molecule has 0 unspecified atom stereocenters. The number of phenols is 1. The molecule has 1 aliphatic rings. The van der Waals surface area contributed by atoms with E-state index in [1.165, 1.54) is 22.3 Å². The lowest BCUT2D eigenvalue weighted by Gasteiger charge is -2.27. The summed E-state index contributed by atoms with van der Waals surface area (Å²) in [5, 5.41) is 13.7. The molecule has 1 amide bonds. The fourth-order valence-corrected chi connectivity index (χ4v) is 4.77. The van der Waals surface area contributed by atoms with Gasteiger partial charge in [-0.15, -0.1) is 0 Å². The van der Waals surface area contributed by atoms with Gasteiger partial charge in [-0.25, -0.2) is 4.79 Å². The van der Waals surface area contributed by atoms with E-state index in [1.807, 2.05) is 42.5 Å². The van der Waals surface area contributed by atoms with Gasteiger partial charge in [-0.3, -0.25) is 0 Å². The molecule has 4 heteroatoms. The van der Waals surface area contributed by atoms with Crippen molar-refractivity contribution in [3.8, 4) is 16.9 Å². The number of phenolic OH excluding ortho intramolecular Hbond substituents is 1. The van der Waals surface area contributed by atoms with Crippen LogP contribution in [0.4, 0.5) is 4.79 Å². The highest BCUT2D eigenvalue weighted by Crippen LogP contribution is 2.44. The van der Waals surface area contributed by atoms with E-state index in [9.17, 15) is 9.90 Å². The van der Waals surface area contributed by atoms with Gasteiger partial charge in [0.1, 0.15) is 12.4 Å². The highest BCUT2D eigenvalue weighted by Gasteiger charge is 2.29. The zero-order valence-electron chi connectivity index (χ0n) is 22.2. The second-order valence-electron chi connectivity index (χ2n) is 11.6. The first-order chi connectivity index (χ1) is 17.0. The van der Waals surface area contributed by atoms with E-state index in [4.69, 9.17) is 4.74 Å². The van der Waals surface area contributed by atoms with Gasteiger partial charge < -0.3 is 15.2 Å². The zero-order valence-corrected chi connectivity index (χ0v) is 22.2. The Labute approximate surface area is 215 Å². The lowest BCUT2D eigenvalue weighted by Crippen LogP contribution is -2.26. The van der Waals surface area contributed by atoms with Crippen molar-refractivity contribution in [2.24, 2.45) is 0 Å². The first-order valence-corrected chi connectivity index (χ1v) is 12.6. The molecule has 0 bridgehead atoms. The second kappa shape index (κ2) is 9.85. The number of amides is 1. The number of aromatic hydroxyl groups is 1. The third-order valence-electron chi connectivity index (χ3n) is 6.82. The minimum Gasteiger partial charge on any atom is -0.507 e. The third-order valence-corrected chi connectivity index (χ3v) is 6.82. The maximum Gasteiger partial charge on any atom is 0.407 e. The summed E-state index contributed by atoms with van der Waals surface area (Å²) < 4.78 is 5.61. The molecule has 0 atom stereocenters. The summed E-state index contributed by atoms with van der Waals surface area (Å²) in [7, 11) is 0. The maximum absolute atomic E-state index is 12.5. The lowest BCUT2D eigenvalue weighted by molar-refractivity contribution is 0.144. The van der Waals surface area contributed by atoms with Gasteiger partial charge in [0, 0.05) is 23.6 Å². The molecule has 0 aromatic heterocycles. The molecule has 36 heavy (non-hydrogen) atoms. The highest BCUT2D eigenvalue weighted by molar-refractivity contribution is 5.79. The van der Waals surface area contributed by atoms with E-state index >= 15 is 0 Å². The van der Waals surface area contributed by atoms with Gasteiger partial charge in [0.25, 0.3) is 0 Å². The fraction of sp³-hybridized carbons (Fsp3) is 0.344. The van der Waals surface area contributed by atoms with Crippen molar-refractivity contribution < 1.29 is 14.6 Å². The summed E-state index contributed by atoms with van der Waals surface area (Å²) in [4.78, 5) is 12.5. The number of carbonyl (C=O) groups is 1. The Morgan fingerprint density at radius 1 is 0.917 bits per heavy atom. The van der Waals surface area contributed by atoms with Crippen LogP contribution in [-0.2, 0) is 15.6 Å². The van der Waals surface area contributed by atoms with Crippen LogP contribution < -0.4 is 5.32 Å². The number of hydrogen-bond acceptors (Lipinski definition) is 3. The van der Waals surface area contributed by atoms with Crippen LogP contribution >= 0.6 is 0 Å². The summed E-state index contributed by atoms with van der Waals surface area (Å²) in [6, 6.07) is 20.7. The molecule has 0 saturated carbocycles. The van der Waals surface area contributed by atoms with Crippen LogP contribution in [0.25, 0.3) is 17.2 Å². The van der Waals surface area contributed by atoms with E-state index in [0.717, 1.165) is 16.7 Å². The van der Waals surface area contributed by atoms with Crippen molar-refractivity contribution in [1.29, 1.82) is 0 Å². The molecule has 0 fully saturated rings. The minimum absolute atomic E-state index is 0.0339. The average Bonchev–Trinajstić information content (AvgIpc) is 3.13. The molecular weight excluding hydrogens is 446 g/mol. The normalized spacial score (nSPS) is 13.5. The van der Waals surface area contributed by atoms with Crippen molar-refractivity contribution in [1.82, 2.24) is 5.32 Å². The largest absolute Gasteiger partial charge is 0.507 e. The van der Waals surface area contributed by atoms with Crippen LogP contribution in [0.3, 0.4) is 0 Å². The van der Waals surface area contributed by atoms with Crippen molar-refractivity contribution in [2.45, 2.75) is 58.3 Å². The van der Waals surface area contributed by atoms with Crippen LogP contribution in [0.2, 0.25) is 0 Å². The van der Waals surface area contributed by atoms with Crippen LogP contribution in [0.5, 0.6) is 5.75 Å². The molecule has 0 radical (unpaired) electrons. The summed E-state index contributed by atoms with van der Waals surface area (Å²) >= 11 is 0. The molecule has 0 heterocycles. The van der Waals surface area contributed by atoms with Crippen LogP contribution in [-0.4, -0.2) is 24.4 Å². The number of rotatable bonds is 5. The van der Waals surface area contributed by atoms with Gasteiger partial charge in [0.15, 0.2) is 0 Å². The van der Waals surface area contributed by atoms with Crippen molar-refractivity contribution in [3.05, 3.63) is 94.6 Å². The van der Waals surface area contributed by atoms with Crippen LogP contribution in [0.1, 0.15) is 75.3 Å². The van der Waals surface area contributed by atoms with Crippen LogP contribution in [0.15, 0.2) is 66.7 Å². The van der Waals surface area contributed by atoms with Crippen molar-refractivity contribution in [2.75, 3.05) is 13.2 Å². The third kappa shape index (κ3) is 5.33. The predicted molar refractivity (Wildman–Crippen MR) is 148 cm³/mol. The summed E-state index contributed by atoms with van der Waals surface area (Å²) in [5.74, 6) is 0.319. The van der Waals surface area contributed by atoms with Gasteiger partial charge in [-0.2, -0.15) is 0 Å². The number of nitrogens with one attached hydrogen (secondary N) is 1. The monoisotopic (exact) mass is 483 g/mol. The molecule has 3 aromatic rings. The molecule has 3 aromatic carbocycles. The molecule has 4 rings (SSSR count). The van der Waals surface area contributed by atoms with E-state index in [0.29, 0.717) is 6.54 Å². The molecule has 2 N–H and O–H groups in total. The number of benzene rings is 3. The SMILES string of the molecule is CC(C)(C)c1cc(C=CCNC(=O)OCC2c3ccccc3-c3ccccc32)c(O)c(C(C)(C)C)c1. The molecule has 0 aliphatic heterocycles. The van der Waals surface area contributed by atoms with Crippen molar-refractivity contribution in [3.63, 3.8) is 0 Å². The molecule has 0 saturated heterocycles. The Kier molecular flexibility index (Phi) is 6.99. The summed E-state index contributed by atoms with van der Waals surface area (Å²) in [6.07, 6.45) is 3.25. The predicted octanol–water partition coefficient (Wildman–Crippen LogP) is 7.54. The number of fused-ring (bicyclic) bond motifs is 3. The smallest absolute Gasteiger partial charge is 0.407 e. The van der Waals surface area contributed by atoms with E-state index in [1.54, 1.807) is 0 Å². The highest BCUT2D eigenvalue weighted by atomic mass is 16.5. The standard InChI is InChI=1S/C32H37NO3/c1-31(2,3)22-18-21(29(34)28(19-22)32(4,5)6)12-11-17-33-30(35)36-20-27-25-15-9-7-13-23(25)24-14-8-10-16-26(24)27/h7-16,18-19,27,34H,17,20H2,1-6H3,(H,33,35). The zero-order chi connectivity index (χ0) is 26.1. The van der Waals surface area contributed by atoms with Gasteiger partial charge in [-0.1, -0.05) is 108 Å². The number of alkyl carbamates (subject to hydrolysis) is 1. The van der Waals surface area contributed by atoms with Gasteiger partial charge in [-0.05, 0) is 44.7 Å². The Morgan fingerprint density at radius 2 is 1.50 bits per heavy atom. The Bertz CT molecular complexity index is 1250. The first kappa shape index (κ1) is 25.6. The molecule has 4 nitrogen and oxygen atoms in total. The first-order valence-electron chi connectivity index (χ1n) is 12.6. The van der Waals surface area contributed by atoms with Crippen molar-refractivity contribution >= 4 is 12.2 Å². The number of hydrogen-bond donors (Lipinski definition) is 2. The summed E-state index contributed by atoms with van der Waals surface area (Å²) in [5.41, 5.74) is 7.39. The number of ether oxygens (including phenoxy) is 1. The Balaban J connectivity index is 1.40. The lowest BCUT2D eigenvalue weighted by atomic mass is 9.79. The van der Waals surface area contributed by atoms with E-state index in [-0.39, 0.29) is 29.1 Å². The molecule has 188 valence electrons. The molecule has 0 spiro atoms. The minimum atomic E-state index is -0.454. The summed E-state index contributed by atoms with van der Waals surface area (Å²) in [6.45, 7) is 13.4. The second-order valence-corrected chi connectivity index (χ2v) is 11.6. The van der Waals surface area contributed by atoms with E-state index < -0.39 is 6.09 Å². The number of carbonyl (C=O) groups excluding carboxylic acids is 1. The average molecular weight is 484 g/mol. The molecular formula is C32H37NO3. The van der Waals surface area contributed by atoms with Gasteiger partial charge >= 0.3 is 6.09 Å². The van der Waals surface area contributed by atoms with Gasteiger partial charge in [0.05, 0.1) is 0 Å². The molecule has 1 aliphatic carbocycles. The van der Waals surface area contributed by atoms with Crippen LogP contribution in [0, 0.1) is 0 Å². The van der Waals surface area contributed by atoms with Gasteiger partial charge in [0.2, 0.25) is 0 Å². The Morgan fingerprint density at radius 3 is 2.06 bits per heavy atom. The quantitative estimate of drug-likeness (QED) is 0.394.